The van der Waals surface area contributed by atoms with E-state index in [0.29, 0.717) is 44.4 Å². The van der Waals surface area contributed by atoms with Crippen LogP contribution in [-0.4, -0.2) is 45.8 Å². The number of rotatable bonds is 11. The van der Waals surface area contributed by atoms with Gasteiger partial charge < -0.3 is 19.3 Å². The molecule has 0 aliphatic carbocycles. The van der Waals surface area contributed by atoms with Crippen LogP contribution in [0.2, 0.25) is 0 Å². The molecule has 29 heavy (non-hydrogen) atoms. The van der Waals surface area contributed by atoms with Crippen molar-refractivity contribution in [1.82, 2.24) is 15.0 Å². The van der Waals surface area contributed by atoms with Gasteiger partial charge in [0.15, 0.2) is 0 Å². The van der Waals surface area contributed by atoms with Gasteiger partial charge in [-0.05, 0) is 37.6 Å². The zero-order valence-corrected chi connectivity index (χ0v) is 16.2. The van der Waals surface area contributed by atoms with Gasteiger partial charge in [-0.1, -0.05) is 0 Å². The van der Waals surface area contributed by atoms with E-state index in [1.165, 1.54) is 0 Å². The van der Waals surface area contributed by atoms with Crippen LogP contribution in [0.3, 0.4) is 0 Å². The number of aryl methyl sites for hydroxylation is 1. The Kier molecular flexibility index (Phi) is 7.16. The van der Waals surface area contributed by atoms with Crippen LogP contribution >= 0.6 is 0 Å². The Hall–Kier alpha value is -3.42. The Balaban J connectivity index is 1.58. The van der Waals surface area contributed by atoms with Gasteiger partial charge in [0, 0.05) is 42.4 Å². The molecule has 152 valence electrons. The van der Waals surface area contributed by atoms with Gasteiger partial charge >= 0.3 is 12.0 Å². The molecule has 1 aromatic carbocycles. The van der Waals surface area contributed by atoms with Gasteiger partial charge in [0.05, 0.1) is 25.3 Å². The van der Waals surface area contributed by atoms with E-state index in [2.05, 4.69) is 15.0 Å². The zero-order chi connectivity index (χ0) is 20.5. The molecular formula is C21H23N3O5. The molecule has 2 aromatic heterocycles. The maximum absolute atomic E-state index is 10.6. The van der Waals surface area contributed by atoms with Gasteiger partial charge in [-0.3, -0.25) is 9.78 Å². The van der Waals surface area contributed by atoms with Crippen LogP contribution in [0.15, 0.2) is 42.7 Å². The van der Waals surface area contributed by atoms with Gasteiger partial charge in [0.2, 0.25) is 0 Å². The Morgan fingerprint density at radius 3 is 2.55 bits per heavy atom. The molecule has 8 nitrogen and oxygen atoms in total. The third kappa shape index (κ3) is 6.31. The summed E-state index contributed by atoms with van der Waals surface area (Å²) in [4.78, 5) is 23.1. The van der Waals surface area contributed by atoms with Crippen molar-refractivity contribution in [2.24, 2.45) is 0 Å². The second kappa shape index (κ2) is 10.2. The molecule has 3 rings (SSSR count). The van der Waals surface area contributed by atoms with Crippen LogP contribution in [-0.2, 0) is 4.79 Å². The highest BCUT2D eigenvalue weighted by Crippen LogP contribution is 2.29. The second-order valence-electron chi connectivity index (χ2n) is 6.37. The molecule has 0 amide bonds. The summed E-state index contributed by atoms with van der Waals surface area (Å²) in [7, 11) is 0. The molecule has 0 saturated heterocycles. The van der Waals surface area contributed by atoms with E-state index in [4.69, 9.17) is 19.3 Å². The van der Waals surface area contributed by atoms with E-state index < -0.39 is 5.97 Å². The van der Waals surface area contributed by atoms with Crippen molar-refractivity contribution < 1.29 is 24.1 Å². The Morgan fingerprint density at radius 1 is 1.00 bits per heavy atom. The van der Waals surface area contributed by atoms with Gasteiger partial charge in [-0.2, -0.15) is 0 Å². The Bertz CT molecular complexity index is 950. The van der Waals surface area contributed by atoms with Gasteiger partial charge in [0.1, 0.15) is 11.5 Å². The number of carbonyl (C=O) groups is 1. The summed E-state index contributed by atoms with van der Waals surface area (Å²) in [6.07, 6.45) is 4.47. The largest absolute Gasteiger partial charge is 0.494 e. The average Bonchev–Trinajstić information content (AvgIpc) is 2.71. The first kappa shape index (κ1) is 20.3. The van der Waals surface area contributed by atoms with Crippen molar-refractivity contribution >= 4 is 16.9 Å². The number of fused-ring (bicyclic) bond motifs is 1. The number of aromatic nitrogens is 3. The molecular weight excluding hydrogens is 374 g/mol. The van der Waals surface area contributed by atoms with Gasteiger partial charge in [0.25, 0.3) is 0 Å². The minimum Gasteiger partial charge on any atom is -0.494 e. The first-order valence-corrected chi connectivity index (χ1v) is 9.40. The standard InChI is InChI=1S/C21H23N3O5/c1-15-13-19(28-11-4-12-29-21-22-8-3-9-23-21)17-14-16(6-7-18(17)24-15)27-10-2-5-20(25)26/h3,6-9,13-14H,2,4-5,10-12H2,1H3,(H,25,26). The maximum Gasteiger partial charge on any atom is 0.316 e. The lowest BCUT2D eigenvalue weighted by Crippen LogP contribution is -2.07. The summed E-state index contributed by atoms with van der Waals surface area (Å²) in [5.74, 6) is 0.549. The van der Waals surface area contributed by atoms with Crippen LogP contribution in [0.4, 0.5) is 0 Å². The summed E-state index contributed by atoms with van der Waals surface area (Å²) in [5.41, 5.74) is 1.67. The molecule has 0 aliphatic rings. The predicted octanol–water partition coefficient (Wildman–Crippen LogP) is 3.42. The average molecular weight is 397 g/mol. The number of hydrogen-bond donors (Lipinski definition) is 1. The Labute approximate surface area is 168 Å². The number of hydrogen-bond acceptors (Lipinski definition) is 7. The van der Waals surface area contributed by atoms with E-state index in [9.17, 15) is 4.79 Å². The van der Waals surface area contributed by atoms with Crippen molar-refractivity contribution in [3.05, 3.63) is 48.4 Å². The number of ether oxygens (including phenoxy) is 3. The smallest absolute Gasteiger partial charge is 0.316 e. The third-order valence-electron chi connectivity index (χ3n) is 3.99. The Morgan fingerprint density at radius 2 is 1.76 bits per heavy atom. The quantitative estimate of drug-likeness (QED) is 0.491. The summed E-state index contributed by atoms with van der Waals surface area (Å²) in [5, 5.41) is 9.55. The highest BCUT2D eigenvalue weighted by Gasteiger charge is 2.08. The van der Waals surface area contributed by atoms with E-state index >= 15 is 0 Å². The fraction of sp³-hybridized carbons (Fsp3) is 0.333. The number of nitrogens with zero attached hydrogens (tertiary/aromatic N) is 3. The first-order valence-electron chi connectivity index (χ1n) is 9.40. The second-order valence-corrected chi connectivity index (χ2v) is 6.37. The van der Waals surface area contributed by atoms with Crippen molar-refractivity contribution in [2.45, 2.75) is 26.2 Å². The molecule has 0 unspecified atom stereocenters. The number of benzene rings is 1. The normalized spacial score (nSPS) is 10.7. The van der Waals surface area contributed by atoms with E-state index in [-0.39, 0.29) is 6.42 Å². The molecule has 0 atom stereocenters. The number of aliphatic carboxylic acids is 1. The minimum absolute atomic E-state index is 0.0821. The molecule has 0 fully saturated rings. The summed E-state index contributed by atoms with van der Waals surface area (Å²) < 4.78 is 17.1. The van der Waals surface area contributed by atoms with Crippen molar-refractivity contribution in [1.29, 1.82) is 0 Å². The summed E-state index contributed by atoms with van der Waals surface area (Å²) >= 11 is 0. The van der Waals surface area contributed by atoms with Crippen molar-refractivity contribution in [3.8, 4) is 17.5 Å². The molecule has 0 radical (unpaired) electrons. The van der Waals surface area contributed by atoms with Crippen molar-refractivity contribution in [2.75, 3.05) is 19.8 Å². The molecule has 0 saturated carbocycles. The molecule has 3 aromatic rings. The highest BCUT2D eigenvalue weighted by molar-refractivity contribution is 5.86. The van der Waals surface area contributed by atoms with Crippen LogP contribution in [0.25, 0.3) is 10.9 Å². The predicted molar refractivity (Wildman–Crippen MR) is 106 cm³/mol. The van der Waals surface area contributed by atoms with Crippen molar-refractivity contribution in [3.63, 3.8) is 0 Å². The fourth-order valence-electron chi connectivity index (χ4n) is 2.69. The highest BCUT2D eigenvalue weighted by atomic mass is 16.5. The molecule has 0 aliphatic heterocycles. The zero-order valence-electron chi connectivity index (χ0n) is 16.2. The topological polar surface area (TPSA) is 104 Å². The van der Waals surface area contributed by atoms with Crippen LogP contribution < -0.4 is 14.2 Å². The lowest BCUT2D eigenvalue weighted by Gasteiger charge is -2.12. The molecule has 2 heterocycles. The van der Waals surface area contributed by atoms with E-state index in [0.717, 1.165) is 22.3 Å². The van der Waals surface area contributed by atoms with E-state index in [1.807, 2.05) is 31.2 Å². The molecule has 0 bridgehead atoms. The van der Waals surface area contributed by atoms with E-state index in [1.54, 1.807) is 18.5 Å². The lowest BCUT2D eigenvalue weighted by atomic mass is 10.1. The first-order chi connectivity index (χ1) is 14.1. The molecule has 1 N–H and O–H groups in total. The number of carboxylic acids is 1. The minimum atomic E-state index is -0.828. The monoisotopic (exact) mass is 397 g/mol. The summed E-state index contributed by atoms with van der Waals surface area (Å²) in [6, 6.07) is 9.54. The van der Waals surface area contributed by atoms with Gasteiger partial charge in [-0.15, -0.1) is 0 Å². The molecule has 0 spiro atoms. The van der Waals surface area contributed by atoms with Crippen LogP contribution in [0, 0.1) is 6.92 Å². The van der Waals surface area contributed by atoms with Gasteiger partial charge in [-0.25, -0.2) is 9.97 Å². The van der Waals surface area contributed by atoms with Crippen LogP contribution in [0.5, 0.6) is 17.5 Å². The third-order valence-corrected chi connectivity index (χ3v) is 3.99. The lowest BCUT2D eigenvalue weighted by molar-refractivity contribution is -0.137. The SMILES string of the molecule is Cc1cc(OCCCOc2ncccn2)c2cc(OCCCC(=O)O)ccc2n1. The number of carboxylic acid groups (broad SMARTS) is 1. The number of pyridine rings is 1. The molecule has 8 heteroatoms. The fourth-order valence-corrected chi connectivity index (χ4v) is 2.69. The summed E-state index contributed by atoms with van der Waals surface area (Å²) in [6.45, 7) is 3.17. The maximum atomic E-state index is 10.6. The van der Waals surface area contributed by atoms with Crippen LogP contribution in [0.1, 0.15) is 25.0 Å².